The Kier molecular flexibility index (Phi) is 7.31. The topological polar surface area (TPSA) is 38.3 Å². The Labute approximate surface area is 177 Å². The first-order valence-corrected chi connectivity index (χ1v) is 10.2. The van der Waals surface area contributed by atoms with Gasteiger partial charge < -0.3 is 10.1 Å². The lowest BCUT2D eigenvalue weighted by molar-refractivity contribution is -0.146. The van der Waals surface area contributed by atoms with Gasteiger partial charge in [0.2, 0.25) is 0 Å². The van der Waals surface area contributed by atoms with Crippen molar-refractivity contribution >= 4 is 23.3 Å². The highest BCUT2D eigenvalue weighted by molar-refractivity contribution is 6.30. The maximum absolute atomic E-state index is 12.7. The predicted molar refractivity (Wildman–Crippen MR) is 119 cm³/mol. The van der Waals surface area contributed by atoms with Crippen LogP contribution in [-0.4, -0.2) is 12.0 Å². The van der Waals surface area contributed by atoms with Crippen LogP contribution >= 0.6 is 11.6 Å². The van der Waals surface area contributed by atoms with Gasteiger partial charge in [0.15, 0.2) is 0 Å². The van der Waals surface area contributed by atoms with Crippen molar-refractivity contribution in [1.29, 1.82) is 0 Å². The number of carbonyl (C=O) groups is 1. The van der Waals surface area contributed by atoms with Gasteiger partial charge in [0, 0.05) is 10.7 Å². The number of halogens is 1. The molecule has 0 amide bonds. The molecule has 0 saturated heterocycles. The van der Waals surface area contributed by atoms with Crippen molar-refractivity contribution in [3.8, 4) is 0 Å². The number of carbonyl (C=O) groups excluding carboxylic acids is 1. The zero-order chi connectivity index (χ0) is 20.6. The number of hydrogen-bond donors (Lipinski definition) is 1. The standard InChI is InChI=1S/C25H26ClNO2/c1-18(2)24(27-23-13-11-22(26)12-14-23)25(28)29-17-21-10-6-9-20(16-21)15-19-7-4-3-5-8-19/h3-14,16,18,24,27H,15,17H2,1-2H3/t24-/m0/s1. The summed E-state index contributed by atoms with van der Waals surface area (Å²) in [6.07, 6.45) is 0.857. The molecular weight excluding hydrogens is 382 g/mol. The van der Waals surface area contributed by atoms with Crippen LogP contribution in [0.5, 0.6) is 0 Å². The number of hydrogen-bond acceptors (Lipinski definition) is 3. The molecule has 1 atom stereocenters. The van der Waals surface area contributed by atoms with Crippen molar-refractivity contribution < 1.29 is 9.53 Å². The van der Waals surface area contributed by atoms with E-state index in [1.54, 1.807) is 12.1 Å². The van der Waals surface area contributed by atoms with E-state index in [-0.39, 0.29) is 18.5 Å². The fraction of sp³-hybridized carbons (Fsp3) is 0.240. The Bertz CT molecular complexity index is 923. The highest BCUT2D eigenvalue weighted by Gasteiger charge is 2.23. The molecule has 3 nitrogen and oxygen atoms in total. The molecule has 0 aromatic heterocycles. The maximum atomic E-state index is 12.7. The van der Waals surface area contributed by atoms with Crippen LogP contribution in [0, 0.1) is 5.92 Å². The molecule has 0 bridgehead atoms. The third-order valence-corrected chi connectivity index (χ3v) is 4.96. The lowest BCUT2D eigenvalue weighted by Crippen LogP contribution is -2.36. The lowest BCUT2D eigenvalue weighted by atomic mass is 10.0. The van der Waals surface area contributed by atoms with Gasteiger partial charge in [-0.2, -0.15) is 0 Å². The molecule has 0 fully saturated rings. The van der Waals surface area contributed by atoms with Crippen LogP contribution in [-0.2, 0) is 22.6 Å². The first kappa shape index (κ1) is 20.9. The van der Waals surface area contributed by atoms with Crippen molar-refractivity contribution in [1.82, 2.24) is 0 Å². The van der Waals surface area contributed by atoms with E-state index in [4.69, 9.17) is 16.3 Å². The van der Waals surface area contributed by atoms with Crippen LogP contribution in [0.1, 0.15) is 30.5 Å². The fourth-order valence-electron chi connectivity index (χ4n) is 3.13. The number of nitrogens with one attached hydrogen (secondary N) is 1. The summed E-state index contributed by atoms with van der Waals surface area (Å²) in [5.41, 5.74) is 4.29. The summed E-state index contributed by atoms with van der Waals surface area (Å²) in [5.74, 6) is -0.175. The van der Waals surface area contributed by atoms with Gasteiger partial charge in [-0.3, -0.25) is 0 Å². The van der Waals surface area contributed by atoms with E-state index in [0.29, 0.717) is 5.02 Å². The molecule has 4 heteroatoms. The number of esters is 1. The first-order valence-electron chi connectivity index (χ1n) is 9.82. The van der Waals surface area contributed by atoms with Crippen molar-refractivity contribution in [3.05, 3.63) is 101 Å². The van der Waals surface area contributed by atoms with E-state index < -0.39 is 6.04 Å². The average molecular weight is 408 g/mol. The zero-order valence-corrected chi connectivity index (χ0v) is 17.5. The molecule has 3 aromatic carbocycles. The molecule has 0 aliphatic carbocycles. The van der Waals surface area contributed by atoms with Crippen LogP contribution in [0.25, 0.3) is 0 Å². The molecule has 0 heterocycles. The zero-order valence-electron chi connectivity index (χ0n) is 16.8. The van der Waals surface area contributed by atoms with Crippen LogP contribution in [0.3, 0.4) is 0 Å². The first-order chi connectivity index (χ1) is 14.0. The van der Waals surface area contributed by atoms with Gasteiger partial charge in [-0.05, 0) is 53.3 Å². The normalized spacial score (nSPS) is 11.9. The molecule has 1 N–H and O–H groups in total. The van der Waals surface area contributed by atoms with E-state index in [9.17, 15) is 4.79 Å². The second-order valence-corrected chi connectivity index (χ2v) is 7.90. The summed E-state index contributed by atoms with van der Waals surface area (Å²) >= 11 is 5.94. The minimum Gasteiger partial charge on any atom is -0.459 e. The van der Waals surface area contributed by atoms with Crippen LogP contribution in [0.4, 0.5) is 5.69 Å². The molecule has 0 aliphatic heterocycles. The van der Waals surface area contributed by atoms with Crippen LogP contribution < -0.4 is 5.32 Å². The van der Waals surface area contributed by atoms with Gasteiger partial charge in [-0.1, -0.05) is 80.0 Å². The highest BCUT2D eigenvalue weighted by Crippen LogP contribution is 2.18. The van der Waals surface area contributed by atoms with Gasteiger partial charge in [0.25, 0.3) is 0 Å². The Morgan fingerprint density at radius 1 is 0.897 bits per heavy atom. The minimum absolute atomic E-state index is 0.0857. The molecule has 3 rings (SSSR count). The van der Waals surface area contributed by atoms with Gasteiger partial charge in [0.05, 0.1) is 0 Å². The number of ether oxygens (including phenoxy) is 1. The second-order valence-electron chi connectivity index (χ2n) is 7.46. The lowest BCUT2D eigenvalue weighted by Gasteiger charge is -2.22. The predicted octanol–water partition coefficient (Wildman–Crippen LogP) is 6.11. The third-order valence-electron chi connectivity index (χ3n) is 4.71. The number of rotatable bonds is 8. The molecular formula is C25H26ClNO2. The summed E-state index contributed by atoms with van der Waals surface area (Å²) in [4.78, 5) is 12.7. The average Bonchev–Trinajstić information content (AvgIpc) is 2.72. The van der Waals surface area contributed by atoms with Gasteiger partial charge in [-0.15, -0.1) is 0 Å². The Morgan fingerprint density at radius 3 is 2.24 bits per heavy atom. The quantitative estimate of drug-likeness (QED) is 0.458. The van der Waals surface area contributed by atoms with Gasteiger partial charge in [0.1, 0.15) is 12.6 Å². The Morgan fingerprint density at radius 2 is 1.55 bits per heavy atom. The smallest absolute Gasteiger partial charge is 0.329 e. The fourth-order valence-corrected chi connectivity index (χ4v) is 3.25. The van der Waals surface area contributed by atoms with Crippen molar-refractivity contribution in [2.24, 2.45) is 5.92 Å². The second kappa shape index (κ2) is 10.1. The summed E-state index contributed by atoms with van der Waals surface area (Å²) in [5, 5.41) is 3.91. The Balaban J connectivity index is 1.60. The van der Waals surface area contributed by atoms with Crippen LogP contribution in [0.2, 0.25) is 5.02 Å². The highest BCUT2D eigenvalue weighted by atomic mass is 35.5. The summed E-state index contributed by atoms with van der Waals surface area (Å²) in [6, 6.07) is 25.4. The van der Waals surface area contributed by atoms with Gasteiger partial charge in [-0.25, -0.2) is 4.79 Å². The van der Waals surface area contributed by atoms with Crippen molar-refractivity contribution in [2.45, 2.75) is 32.9 Å². The molecule has 0 aliphatic rings. The summed E-state index contributed by atoms with van der Waals surface area (Å²) in [6.45, 7) is 4.25. The number of anilines is 1. The minimum atomic E-state index is -0.427. The number of benzene rings is 3. The SMILES string of the molecule is CC(C)[C@H](Nc1ccc(Cl)cc1)C(=O)OCc1cccc(Cc2ccccc2)c1. The molecule has 0 unspecified atom stereocenters. The summed E-state index contributed by atoms with van der Waals surface area (Å²) in [7, 11) is 0. The third kappa shape index (κ3) is 6.37. The van der Waals surface area contributed by atoms with Gasteiger partial charge >= 0.3 is 5.97 Å². The van der Waals surface area contributed by atoms with E-state index in [1.165, 1.54) is 11.1 Å². The van der Waals surface area contributed by atoms with E-state index in [1.807, 2.05) is 56.3 Å². The largest absolute Gasteiger partial charge is 0.459 e. The monoisotopic (exact) mass is 407 g/mol. The summed E-state index contributed by atoms with van der Waals surface area (Å²) < 4.78 is 5.63. The van der Waals surface area contributed by atoms with Crippen LogP contribution in [0.15, 0.2) is 78.9 Å². The Hall–Kier alpha value is -2.78. The molecule has 0 saturated carbocycles. The molecule has 150 valence electrons. The van der Waals surface area contributed by atoms with E-state index >= 15 is 0 Å². The molecule has 0 radical (unpaired) electrons. The maximum Gasteiger partial charge on any atom is 0.329 e. The van der Waals surface area contributed by atoms with Crippen molar-refractivity contribution in [2.75, 3.05) is 5.32 Å². The van der Waals surface area contributed by atoms with E-state index in [2.05, 4.69) is 29.6 Å². The molecule has 3 aromatic rings. The molecule has 29 heavy (non-hydrogen) atoms. The van der Waals surface area contributed by atoms with E-state index in [0.717, 1.165) is 17.7 Å². The molecule has 0 spiro atoms. The van der Waals surface area contributed by atoms with Crippen molar-refractivity contribution in [3.63, 3.8) is 0 Å².